The van der Waals surface area contributed by atoms with Crippen LogP contribution in [0, 0.1) is 6.92 Å². The van der Waals surface area contributed by atoms with Gasteiger partial charge in [0.25, 0.3) is 5.91 Å². The summed E-state index contributed by atoms with van der Waals surface area (Å²) < 4.78 is 5.24. The van der Waals surface area contributed by atoms with Gasteiger partial charge in [-0.05, 0) is 31.5 Å². The highest BCUT2D eigenvalue weighted by molar-refractivity contribution is 5.95. The zero-order valence-electron chi connectivity index (χ0n) is 15.7. The highest BCUT2D eigenvalue weighted by Gasteiger charge is 2.22. The molecular formula is C21H24N2O4. The molecule has 0 saturated heterocycles. The van der Waals surface area contributed by atoms with E-state index in [2.05, 4.69) is 10.6 Å². The Morgan fingerprint density at radius 3 is 2.22 bits per heavy atom. The molecule has 2 amide bonds. The first-order valence-corrected chi connectivity index (χ1v) is 8.74. The van der Waals surface area contributed by atoms with Crippen molar-refractivity contribution in [3.8, 4) is 0 Å². The first-order chi connectivity index (χ1) is 12.8. The smallest absolute Gasteiger partial charge is 0.309 e. The van der Waals surface area contributed by atoms with Crippen LogP contribution in [0.15, 0.2) is 54.6 Å². The number of rotatable bonds is 7. The van der Waals surface area contributed by atoms with Gasteiger partial charge in [0.2, 0.25) is 5.91 Å². The van der Waals surface area contributed by atoms with Crippen molar-refractivity contribution in [3.63, 3.8) is 0 Å². The second-order valence-corrected chi connectivity index (χ2v) is 6.36. The molecule has 0 radical (unpaired) electrons. The lowest BCUT2D eigenvalue weighted by Gasteiger charge is -2.19. The van der Waals surface area contributed by atoms with Gasteiger partial charge < -0.3 is 15.4 Å². The van der Waals surface area contributed by atoms with E-state index in [0.29, 0.717) is 5.69 Å². The van der Waals surface area contributed by atoms with Crippen LogP contribution in [0.1, 0.15) is 37.4 Å². The van der Waals surface area contributed by atoms with E-state index in [-0.39, 0.29) is 12.3 Å². The zero-order valence-corrected chi connectivity index (χ0v) is 15.7. The number of carbonyl (C=O) groups excluding carboxylic acids is 3. The van der Waals surface area contributed by atoms with Crippen molar-refractivity contribution >= 4 is 23.5 Å². The monoisotopic (exact) mass is 368 g/mol. The molecule has 0 spiro atoms. The largest absolute Gasteiger partial charge is 0.452 e. The number of hydrogen-bond donors (Lipinski definition) is 2. The van der Waals surface area contributed by atoms with Crippen LogP contribution in [-0.2, 0) is 19.1 Å². The van der Waals surface area contributed by atoms with Gasteiger partial charge in [-0.25, -0.2) is 0 Å². The highest BCUT2D eigenvalue weighted by atomic mass is 16.5. The lowest BCUT2D eigenvalue weighted by molar-refractivity contribution is -0.153. The molecule has 2 rings (SSSR count). The maximum atomic E-state index is 12.3. The Hall–Kier alpha value is -3.15. The van der Waals surface area contributed by atoms with E-state index in [1.54, 1.807) is 12.1 Å². The van der Waals surface area contributed by atoms with Crippen LogP contribution in [0.4, 0.5) is 5.69 Å². The zero-order chi connectivity index (χ0) is 19.8. The second-order valence-electron chi connectivity index (χ2n) is 6.36. The fourth-order valence-electron chi connectivity index (χ4n) is 2.53. The maximum Gasteiger partial charge on any atom is 0.309 e. The first kappa shape index (κ1) is 20.2. The van der Waals surface area contributed by atoms with E-state index in [0.717, 1.165) is 11.1 Å². The van der Waals surface area contributed by atoms with E-state index in [9.17, 15) is 14.4 Å². The third kappa shape index (κ3) is 6.58. The standard InChI is InChI=1S/C21H24N2O4/c1-14-9-11-18(12-10-14)23-21(26)15(2)27-20(25)13-19(22-16(3)24)17-7-5-4-6-8-17/h4-12,15,19H,13H2,1-3H3,(H,22,24)(H,23,26)/t15-,19-/m1/s1. The van der Waals surface area contributed by atoms with E-state index >= 15 is 0 Å². The summed E-state index contributed by atoms with van der Waals surface area (Å²) in [7, 11) is 0. The van der Waals surface area contributed by atoms with Gasteiger partial charge >= 0.3 is 5.97 Å². The molecule has 6 nitrogen and oxygen atoms in total. The van der Waals surface area contributed by atoms with E-state index in [1.165, 1.54) is 13.8 Å². The molecule has 2 N–H and O–H groups in total. The van der Waals surface area contributed by atoms with Crippen molar-refractivity contribution in [2.24, 2.45) is 0 Å². The van der Waals surface area contributed by atoms with Crippen LogP contribution < -0.4 is 10.6 Å². The number of carbonyl (C=O) groups is 3. The number of benzene rings is 2. The molecular weight excluding hydrogens is 344 g/mol. The number of nitrogens with one attached hydrogen (secondary N) is 2. The van der Waals surface area contributed by atoms with Crippen LogP contribution in [0.3, 0.4) is 0 Å². The highest BCUT2D eigenvalue weighted by Crippen LogP contribution is 2.18. The predicted molar refractivity (Wildman–Crippen MR) is 103 cm³/mol. The number of amides is 2. The van der Waals surface area contributed by atoms with Gasteiger partial charge in [-0.15, -0.1) is 0 Å². The molecule has 0 bridgehead atoms. The Labute approximate surface area is 158 Å². The Morgan fingerprint density at radius 2 is 1.63 bits per heavy atom. The molecule has 0 aliphatic rings. The average Bonchev–Trinajstić information content (AvgIpc) is 2.63. The molecule has 142 valence electrons. The van der Waals surface area contributed by atoms with E-state index in [4.69, 9.17) is 4.74 Å². The van der Waals surface area contributed by atoms with E-state index in [1.807, 2.05) is 49.4 Å². The molecule has 0 aliphatic heterocycles. The van der Waals surface area contributed by atoms with Crippen molar-refractivity contribution in [2.45, 2.75) is 39.3 Å². The number of hydrogen-bond acceptors (Lipinski definition) is 4. The van der Waals surface area contributed by atoms with Crippen LogP contribution in [0.25, 0.3) is 0 Å². The lowest BCUT2D eigenvalue weighted by Crippen LogP contribution is -2.33. The fourth-order valence-corrected chi connectivity index (χ4v) is 2.53. The SMILES string of the molecule is CC(=O)N[C@H](CC(=O)O[C@H](C)C(=O)Nc1ccc(C)cc1)c1ccccc1. The number of ether oxygens (including phenoxy) is 1. The fraction of sp³-hybridized carbons (Fsp3) is 0.286. The lowest BCUT2D eigenvalue weighted by atomic mass is 10.0. The third-order valence-electron chi connectivity index (χ3n) is 3.95. The summed E-state index contributed by atoms with van der Waals surface area (Å²) in [6.45, 7) is 4.85. The molecule has 6 heteroatoms. The Kier molecular flexibility index (Phi) is 7.11. The summed E-state index contributed by atoms with van der Waals surface area (Å²) in [5.41, 5.74) is 2.51. The number of anilines is 1. The van der Waals surface area contributed by atoms with Crippen LogP contribution >= 0.6 is 0 Å². The predicted octanol–water partition coefficient (Wildman–Crippen LogP) is 3.13. The van der Waals surface area contributed by atoms with Crippen LogP contribution in [0.2, 0.25) is 0 Å². The molecule has 2 aromatic carbocycles. The molecule has 2 atom stereocenters. The molecule has 0 unspecified atom stereocenters. The van der Waals surface area contributed by atoms with Gasteiger partial charge in [-0.2, -0.15) is 0 Å². The minimum Gasteiger partial charge on any atom is -0.452 e. The molecule has 0 aromatic heterocycles. The maximum absolute atomic E-state index is 12.3. The van der Waals surface area contributed by atoms with Crippen molar-refractivity contribution in [1.29, 1.82) is 0 Å². The molecule has 2 aromatic rings. The van der Waals surface area contributed by atoms with Crippen LogP contribution in [-0.4, -0.2) is 23.9 Å². The van der Waals surface area contributed by atoms with Crippen molar-refractivity contribution in [1.82, 2.24) is 5.32 Å². The molecule has 0 saturated carbocycles. The molecule has 0 fully saturated rings. The Morgan fingerprint density at radius 1 is 1.00 bits per heavy atom. The topological polar surface area (TPSA) is 84.5 Å². The summed E-state index contributed by atoms with van der Waals surface area (Å²) in [6.07, 6.45) is -1.02. The average molecular weight is 368 g/mol. The third-order valence-corrected chi connectivity index (χ3v) is 3.95. The number of esters is 1. The minimum absolute atomic E-state index is 0.0637. The van der Waals surface area contributed by atoms with Gasteiger partial charge in [-0.1, -0.05) is 48.0 Å². The molecule has 0 aliphatic carbocycles. The van der Waals surface area contributed by atoms with Gasteiger partial charge in [0, 0.05) is 12.6 Å². The summed E-state index contributed by atoms with van der Waals surface area (Å²) in [6, 6.07) is 16.0. The van der Waals surface area contributed by atoms with Gasteiger partial charge in [-0.3, -0.25) is 14.4 Å². The molecule has 27 heavy (non-hydrogen) atoms. The quantitative estimate of drug-likeness (QED) is 0.736. The Balaban J connectivity index is 1.94. The first-order valence-electron chi connectivity index (χ1n) is 8.74. The van der Waals surface area contributed by atoms with Gasteiger partial charge in [0.05, 0.1) is 12.5 Å². The normalized spacial score (nSPS) is 12.6. The van der Waals surface area contributed by atoms with Crippen LogP contribution in [0.5, 0.6) is 0 Å². The van der Waals surface area contributed by atoms with E-state index < -0.39 is 24.0 Å². The van der Waals surface area contributed by atoms with Crippen molar-refractivity contribution in [3.05, 3.63) is 65.7 Å². The van der Waals surface area contributed by atoms with Crippen molar-refractivity contribution < 1.29 is 19.1 Å². The second kappa shape index (κ2) is 9.52. The van der Waals surface area contributed by atoms with Gasteiger partial charge in [0.1, 0.15) is 0 Å². The number of aryl methyl sites for hydroxylation is 1. The van der Waals surface area contributed by atoms with Gasteiger partial charge in [0.15, 0.2) is 6.10 Å². The summed E-state index contributed by atoms with van der Waals surface area (Å²) in [4.78, 5) is 35.9. The summed E-state index contributed by atoms with van der Waals surface area (Å²) in [5, 5.41) is 5.44. The summed E-state index contributed by atoms with van der Waals surface area (Å²) >= 11 is 0. The molecule has 0 heterocycles. The Bertz CT molecular complexity index is 788. The van der Waals surface area contributed by atoms with Crippen molar-refractivity contribution in [2.75, 3.05) is 5.32 Å². The summed E-state index contributed by atoms with van der Waals surface area (Å²) in [5.74, 6) is -1.23. The minimum atomic E-state index is -0.951.